The number of hydrogen-bond donors (Lipinski definition) is 0. The molecule has 52 valence electrons. The second-order valence-corrected chi connectivity index (χ2v) is 1.64. The van der Waals surface area contributed by atoms with E-state index in [1.807, 2.05) is 0 Å². The molecule has 3 nitrogen and oxygen atoms in total. The van der Waals surface area contributed by atoms with Crippen LogP contribution in [0.25, 0.3) is 0 Å². The molecule has 0 saturated heterocycles. The Balaban J connectivity index is 3.01. The number of hydrogen-bond acceptors (Lipinski definition) is 3. The maximum Gasteiger partial charge on any atom is 0.0415 e. The summed E-state index contributed by atoms with van der Waals surface area (Å²) in [6.45, 7) is 2.39. The van der Waals surface area contributed by atoms with Gasteiger partial charge in [0.15, 0.2) is 0 Å². The number of carboxylic acid groups (broad SMARTS) is 1. The van der Waals surface area contributed by atoms with Gasteiger partial charge in [0.1, 0.15) is 0 Å². The highest BCUT2D eigenvalue weighted by molar-refractivity contribution is 5.64. The van der Waals surface area contributed by atoms with E-state index in [1.165, 1.54) is 0 Å². The van der Waals surface area contributed by atoms with Gasteiger partial charge >= 0.3 is 0 Å². The van der Waals surface area contributed by atoms with Crippen molar-refractivity contribution in [2.75, 3.05) is 6.54 Å². The maximum atomic E-state index is 9.80. The van der Waals surface area contributed by atoms with Crippen molar-refractivity contribution in [2.45, 2.75) is 19.8 Å². The van der Waals surface area contributed by atoms with E-state index in [0.29, 0.717) is 13.0 Å². The van der Waals surface area contributed by atoms with E-state index in [4.69, 9.17) is 0 Å². The van der Waals surface area contributed by atoms with Gasteiger partial charge in [0.2, 0.25) is 0 Å². The van der Waals surface area contributed by atoms with Gasteiger partial charge in [-0.3, -0.25) is 4.99 Å². The number of rotatable bonds is 4. The largest absolute Gasteiger partial charge is 0.550 e. The number of aliphatic carboxylic acids is 1. The van der Waals surface area contributed by atoms with Crippen LogP contribution in [0, 0.1) is 0 Å². The van der Waals surface area contributed by atoms with Gasteiger partial charge in [-0.05, 0) is 26.0 Å². The first-order chi connectivity index (χ1) is 4.27. The molecule has 9 heavy (non-hydrogen) atoms. The molecule has 0 amide bonds. The molecule has 0 aromatic heterocycles. The van der Waals surface area contributed by atoms with Crippen LogP contribution in [-0.2, 0) is 4.79 Å². The van der Waals surface area contributed by atoms with Gasteiger partial charge in [-0.2, -0.15) is 0 Å². The average Bonchev–Trinajstić information content (AvgIpc) is 1.80. The Hall–Kier alpha value is -0.860. The summed E-state index contributed by atoms with van der Waals surface area (Å²) >= 11 is 0. The Morgan fingerprint density at radius 3 is 2.89 bits per heavy atom. The van der Waals surface area contributed by atoms with E-state index in [2.05, 4.69) is 4.99 Å². The molecular formula is C6H10NO2-. The minimum Gasteiger partial charge on any atom is -0.550 e. The SMILES string of the molecule is CC=NCCCC(=O)[O-]. The smallest absolute Gasteiger partial charge is 0.0415 e. The Morgan fingerprint density at radius 2 is 2.44 bits per heavy atom. The lowest BCUT2D eigenvalue weighted by atomic mass is 10.3. The van der Waals surface area contributed by atoms with Crippen LogP contribution in [0.15, 0.2) is 4.99 Å². The Kier molecular flexibility index (Phi) is 4.78. The predicted octanol–water partition coefficient (Wildman–Crippen LogP) is -0.393. The van der Waals surface area contributed by atoms with E-state index in [1.54, 1.807) is 13.1 Å². The quantitative estimate of drug-likeness (QED) is 0.382. The van der Waals surface area contributed by atoms with Crippen molar-refractivity contribution in [1.29, 1.82) is 0 Å². The zero-order valence-corrected chi connectivity index (χ0v) is 5.46. The van der Waals surface area contributed by atoms with E-state index in [9.17, 15) is 9.90 Å². The van der Waals surface area contributed by atoms with Crippen molar-refractivity contribution in [3.63, 3.8) is 0 Å². The third-order valence-electron chi connectivity index (χ3n) is 0.851. The molecule has 0 radical (unpaired) electrons. The fourth-order valence-corrected chi connectivity index (χ4v) is 0.444. The fraction of sp³-hybridized carbons (Fsp3) is 0.667. The van der Waals surface area contributed by atoms with E-state index in [-0.39, 0.29) is 6.42 Å². The van der Waals surface area contributed by atoms with Gasteiger partial charge in [-0.15, -0.1) is 0 Å². The molecule has 0 aromatic rings. The number of nitrogens with zero attached hydrogens (tertiary/aromatic N) is 1. The van der Waals surface area contributed by atoms with Crippen LogP contribution in [-0.4, -0.2) is 18.7 Å². The van der Waals surface area contributed by atoms with Crippen molar-refractivity contribution < 1.29 is 9.90 Å². The summed E-state index contributed by atoms with van der Waals surface area (Å²) in [6, 6.07) is 0. The minimum absolute atomic E-state index is 0.108. The molecule has 0 aliphatic carbocycles. The highest BCUT2D eigenvalue weighted by Gasteiger charge is 1.83. The third-order valence-corrected chi connectivity index (χ3v) is 0.851. The summed E-state index contributed by atoms with van der Waals surface area (Å²) in [6.07, 6.45) is 2.35. The second kappa shape index (κ2) is 5.28. The van der Waals surface area contributed by atoms with Crippen LogP contribution in [0.1, 0.15) is 19.8 Å². The van der Waals surface area contributed by atoms with Crippen LogP contribution in [0.3, 0.4) is 0 Å². The van der Waals surface area contributed by atoms with Crippen LogP contribution >= 0.6 is 0 Å². The summed E-state index contributed by atoms with van der Waals surface area (Å²) in [5, 5.41) is 9.80. The van der Waals surface area contributed by atoms with Crippen LogP contribution < -0.4 is 5.11 Å². The zero-order chi connectivity index (χ0) is 7.11. The van der Waals surface area contributed by atoms with Gasteiger partial charge in [0.05, 0.1) is 0 Å². The molecule has 0 atom stereocenters. The van der Waals surface area contributed by atoms with Gasteiger partial charge in [-0.1, -0.05) is 0 Å². The molecule has 0 fully saturated rings. The van der Waals surface area contributed by atoms with Gasteiger partial charge < -0.3 is 9.90 Å². The Morgan fingerprint density at radius 1 is 1.78 bits per heavy atom. The Bertz CT molecular complexity index is 110. The van der Waals surface area contributed by atoms with Crippen LogP contribution in [0.4, 0.5) is 0 Å². The summed E-state index contributed by atoms with van der Waals surface area (Å²) in [5.41, 5.74) is 0. The summed E-state index contributed by atoms with van der Waals surface area (Å²) < 4.78 is 0. The van der Waals surface area contributed by atoms with Crippen molar-refractivity contribution >= 4 is 12.2 Å². The first-order valence-electron chi connectivity index (χ1n) is 2.91. The molecule has 3 heteroatoms. The molecule has 0 aliphatic heterocycles. The maximum absolute atomic E-state index is 9.80. The third kappa shape index (κ3) is 7.14. The molecule has 0 unspecified atom stereocenters. The van der Waals surface area contributed by atoms with E-state index >= 15 is 0 Å². The minimum atomic E-state index is -0.999. The second-order valence-electron chi connectivity index (χ2n) is 1.64. The Labute approximate surface area is 54.4 Å². The van der Waals surface area contributed by atoms with Crippen molar-refractivity contribution in [3.8, 4) is 0 Å². The van der Waals surface area contributed by atoms with Crippen molar-refractivity contribution in [3.05, 3.63) is 0 Å². The predicted molar refractivity (Wildman–Crippen MR) is 33.3 cm³/mol. The standard InChI is InChI=1S/C6H11NO2/c1-2-7-5-3-4-6(8)9/h2H,3-5H2,1H3,(H,8,9)/p-1. The molecule has 0 heterocycles. The first kappa shape index (κ1) is 8.14. The van der Waals surface area contributed by atoms with Gasteiger partial charge in [-0.25, -0.2) is 0 Å². The normalized spacial score (nSPS) is 10.3. The molecule has 0 spiro atoms. The van der Waals surface area contributed by atoms with Crippen LogP contribution in [0.2, 0.25) is 0 Å². The lowest BCUT2D eigenvalue weighted by Crippen LogP contribution is -2.21. The molecule has 0 rings (SSSR count). The molecule has 0 saturated carbocycles. The molecule has 0 bridgehead atoms. The van der Waals surface area contributed by atoms with Gasteiger partial charge in [0.25, 0.3) is 0 Å². The number of carbonyl (C=O) groups excluding carboxylic acids is 1. The fourth-order valence-electron chi connectivity index (χ4n) is 0.444. The molecule has 0 aromatic carbocycles. The van der Waals surface area contributed by atoms with Crippen molar-refractivity contribution in [1.82, 2.24) is 0 Å². The van der Waals surface area contributed by atoms with Gasteiger partial charge in [0, 0.05) is 12.5 Å². The van der Waals surface area contributed by atoms with E-state index < -0.39 is 5.97 Å². The first-order valence-corrected chi connectivity index (χ1v) is 2.91. The summed E-state index contributed by atoms with van der Waals surface area (Å²) in [5.74, 6) is -0.999. The lowest BCUT2D eigenvalue weighted by molar-refractivity contribution is -0.305. The zero-order valence-electron chi connectivity index (χ0n) is 5.46. The highest BCUT2D eigenvalue weighted by atomic mass is 16.4. The van der Waals surface area contributed by atoms with Crippen LogP contribution in [0.5, 0.6) is 0 Å². The number of carbonyl (C=O) groups is 1. The highest BCUT2D eigenvalue weighted by Crippen LogP contribution is 1.85. The molecular weight excluding hydrogens is 118 g/mol. The van der Waals surface area contributed by atoms with Crippen molar-refractivity contribution in [2.24, 2.45) is 4.99 Å². The average molecular weight is 128 g/mol. The summed E-state index contributed by atoms with van der Waals surface area (Å²) in [7, 11) is 0. The molecule has 0 N–H and O–H groups in total. The lowest BCUT2D eigenvalue weighted by Gasteiger charge is -1.96. The molecule has 0 aliphatic rings. The number of aliphatic imine (C=N–C) groups is 1. The summed E-state index contributed by atoms with van der Waals surface area (Å²) in [4.78, 5) is 13.6. The monoisotopic (exact) mass is 128 g/mol. The number of carboxylic acids is 1. The topological polar surface area (TPSA) is 52.5 Å². The van der Waals surface area contributed by atoms with E-state index in [0.717, 1.165) is 0 Å².